The van der Waals surface area contributed by atoms with E-state index >= 15 is 0 Å². The van der Waals surface area contributed by atoms with Gasteiger partial charge in [0, 0.05) is 16.0 Å². The van der Waals surface area contributed by atoms with Gasteiger partial charge in [0.15, 0.2) is 0 Å². The van der Waals surface area contributed by atoms with Crippen molar-refractivity contribution in [3.63, 3.8) is 0 Å². The van der Waals surface area contributed by atoms with Crippen molar-refractivity contribution in [2.75, 3.05) is 7.11 Å². The molecule has 0 spiro atoms. The van der Waals surface area contributed by atoms with Gasteiger partial charge < -0.3 is 10.1 Å². The number of halogens is 1. The van der Waals surface area contributed by atoms with Gasteiger partial charge in [-0.05, 0) is 40.5 Å². The number of thiazole rings is 1. The number of hydrogen-bond donors (Lipinski definition) is 1. The van der Waals surface area contributed by atoms with Crippen molar-refractivity contribution >= 4 is 33.2 Å². The van der Waals surface area contributed by atoms with Gasteiger partial charge in [-0.25, -0.2) is 4.98 Å². The molecule has 1 aromatic heterocycles. The maximum Gasteiger partial charge on any atom is 0.253 e. The van der Waals surface area contributed by atoms with E-state index in [-0.39, 0.29) is 11.9 Å². The third-order valence-corrected chi connectivity index (χ3v) is 4.46. The number of methoxy groups -OCH3 is 1. The first-order chi connectivity index (χ1) is 9.65. The highest BCUT2D eigenvalue weighted by atomic mass is 79.9. The van der Waals surface area contributed by atoms with Crippen molar-refractivity contribution in [2.45, 2.75) is 19.4 Å². The fourth-order valence-electron chi connectivity index (χ4n) is 1.79. The van der Waals surface area contributed by atoms with Crippen LogP contribution in [0.2, 0.25) is 0 Å². The van der Waals surface area contributed by atoms with Crippen molar-refractivity contribution in [3.05, 3.63) is 44.8 Å². The second-order valence-corrected chi connectivity index (χ2v) is 5.93. The van der Waals surface area contributed by atoms with Crippen LogP contribution >= 0.6 is 27.3 Å². The van der Waals surface area contributed by atoms with E-state index in [9.17, 15) is 4.79 Å². The molecule has 2 aromatic rings. The highest BCUT2D eigenvalue weighted by molar-refractivity contribution is 9.10. The Labute approximate surface area is 130 Å². The van der Waals surface area contributed by atoms with Crippen LogP contribution in [0.3, 0.4) is 0 Å². The normalized spacial score (nSPS) is 11.9. The molecule has 1 aromatic carbocycles. The van der Waals surface area contributed by atoms with E-state index in [2.05, 4.69) is 26.2 Å². The van der Waals surface area contributed by atoms with E-state index < -0.39 is 0 Å². The van der Waals surface area contributed by atoms with Crippen molar-refractivity contribution < 1.29 is 9.53 Å². The Morgan fingerprint density at radius 2 is 2.35 bits per heavy atom. The average Bonchev–Trinajstić information content (AvgIpc) is 2.99. The molecule has 1 heterocycles. The summed E-state index contributed by atoms with van der Waals surface area (Å²) < 4.78 is 5.89. The molecule has 0 aliphatic heterocycles. The number of nitrogens with one attached hydrogen (secondary N) is 1. The van der Waals surface area contributed by atoms with Crippen molar-refractivity contribution in [1.82, 2.24) is 10.3 Å². The van der Waals surface area contributed by atoms with E-state index in [1.54, 1.807) is 42.8 Å². The maximum atomic E-state index is 12.4. The fourth-order valence-corrected chi connectivity index (χ4v) is 2.99. The first kappa shape index (κ1) is 15.0. The predicted octanol–water partition coefficient (Wildman–Crippen LogP) is 3.80. The van der Waals surface area contributed by atoms with Crippen LogP contribution in [0.1, 0.15) is 34.8 Å². The zero-order chi connectivity index (χ0) is 14.5. The number of hydrogen-bond acceptors (Lipinski definition) is 4. The SMILES string of the molecule is CCC(NC(=O)c1cc(OC)ccc1Br)c1nccs1. The van der Waals surface area contributed by atoms with Gasteiger partial charge in [-0.1, -0.05) is 6.92 Å². The van der Waals surface area contributed by atoms with Gasteiger partial charge in [0.1, 0.15) is 10.8 Å². The van der Waals surface area contributed by atoms with Crippen LogP contribution < -0.4 is 10.1 Å². The monoisotopic (exact) mass is 354 g/mol. The highest BCUT2D eigenvalue weighted by Gasteiger charge is 2.18. The lowest BCUT2D eigenvalue weighted by Crippen LogP contribution is -2.28. The standard InChI is InChI=1S/C14H15BrN2O2S/c1-3-12(14-16-6-7-20-14)17-13(18)10-8-9(19-2)4-5-11(10)15/h4-8,12H,3H2,1-2H3,(H,17,18). The van der Waals surface area contributed by atoms with Crippen molar-refractivity contribution in [3.8, 4) is 5.75 Å². The Bertz CT molecular complexity index is 587. The molecule has 106 valence electrons. The number of carbonyl (C=O) groups is 1. The number of ether oxygens (including phenoxy) is 1. The summed E-state index contributed by atoms with van der Waals surface area (Å²) in [6.45, 7) is 2.02. The average molecular weight is 355 g/mol. The quantitative estimate of drug-likeness (QED) is 0.888. The number of nitrogens with zero attached hydrogens (tertiary/aromatic N) is 1. The summed E-state index contributed by atoms with van der Waals surface area (Å²) in [7, 11) is 1.58. The van der Waals surface area contributed by atoms with Gasteiger partial charge >= 0.3 is 0 Å². The lowest BCUT2D eigenvalue weighted by molar-refractivity contribution is 0.0934. The molecule has 0 saturated heterocycles. The highest BCUT2D eigenvalue weighted by Crippen LogP contribution is 2.24. The summed E-state index contributed by atoms with van der Waals surface area (Å²) in [5.41, 5.74) is 0.555. The first-order valence-corrected chi connectivity index (χ1v) is 7.86. The van der Waals surface area contributed by atoms with E-state index in [4.69, 9.17) is 4.74 Å². The first-order valence-electron chi connectivity index (χ1n) is 6.19. The molecule has 1 unspecified atom stereocenters. The molecule has 0 saturated carbocycles. The van der Waals surface area contributed by atoms with Gasteiger partial charge in [-0.2, -0.15) is 0 Å². The molecule has 0 radical (unpaired) electrons. The molecule has 0 fully saturated rings. The zero-order valence-electron chi connectivity index (χ0n) is 11.2. The molecule has 1 N–H and O–H groups in total. The van der Waals surface area contributed by atoms with Gasteiger partial charge in [-0.15, -0.1) is 11.3 Å². The third kappa shape index (κ3) is 3.37. The summed E-state index contributed by atoms with van der Waals surface area (Å²) >= 11 is 4.93. The zero-order valence-corrected chi connectivity index (χ0v) is 13.6. The largest absolute Gasteiger partial charge is 0.497 e. The van der Waals surface area contributed by atoms with Crippen LogP contribution in [0, 0.1) is 0 Å². The summed E-state index contributed by atoms with van der Waals surface area (Å²) in [5.74, 6) is 0.512. The Balaban J connectivity index is 2.19. The Morgan fingerprint density at radius 3 is 2.95 bits per heavy atom. The number of benzene rings is 1. The van der Waals surface area contributed by atoms with Crippen LogP contribution in [0.4, 0.5) is 0 Å². The predicted molar refractivity (Wildman–Crippen MR) is 83.3 cm³/mol. The summed E-state index contributed by atoms with van der Waals surface area (Å²) in [6, 6.07) is 5.26. The topological polar surface area (TPSA) is 51.2 Å². The molecule has 6 heteroatoms. The number of rotatable bonds is 5. The smallest absolute Gasteiger partial charge is 0.253 e. The lowest BCUT2D eigenvalue weighted by Gasteiger charge is -2.15. The fraction of sp³-hybridized carbons (Fsp3) is 0.286. The molecule has 0 aliphatic carbocycles. The van der Waals surface area contributed by atoms with Crippen molar-refractivity contribution in [1.29, 1.82) is 0 Å². The van der Waals surface area contributed by atoms with Crippen LogP contribution in [0.15, 0.2) is 34.2 Å². The number of amides is 1. The molecular formula is C14H15BrN2O2S. The minimum absolute atomic E-state index is 0.0689. The second-order valence-electron chi connectivity index (χ2n) is 4.15. The Kier molecular flexibility index (Phi) is 5.14. The summed E-state index contributed by atoms with van der Waals surface area (Å²) in [4.78, 5) is 16.6. The van der Waals surface area contributed by atoms with Gasteiger partial charge in [0.2, 0.25) is 0 Å². The molecule has 0 aliphatic rings. The molecule has 1 atom stereocenters. The molecule has 2 rings (SSSR count). The second kappa shape index (κ2) is 6.85. The third-order valence-electron chi connectivity index (χ3n) is 2.88. The minimum atomic E-state index is -0.141. The van der Waals surface area contributed by atoms with E-state index in [0.29, 0.717) is 11.3 Å². The maximum absolute atomic E-state index is 12.4. The van der Waals surface area contributed by atoms with E-state index in [1.807, 2.05) is 12.3 Å². The van der Waals surface area contributed by atoms with Gasteiger partial charge in [0.05, 0.1) is 18.7 Å². The summed E-state index contributed by atoms with van der Waals surface area (Å²) in [5, 5.41) is 5.83. The number of aromatic nitrogens is 1. The Hall–Kier alpha value is -1.40. The van der Waals surface area contributed by atoms with Gasteiger partial charge in [-0.3, -0.25) is 4.79 Å². The van der Waals surface area contributed by atoms with Crippen LogP contribution in [0.25, 0.3) is 0 Å². The molecule has 1 amide bonds. The minimum Gasteiger partial charge on any atom is -0.497 e. The summed E-state index contributed by atoms with van der Waals surface area (Å²) in [6.07, 6.45) is 2.54. The van der Waals surface area contributed by atoms with Crippen molar-refractivity contribution in [2.24, 2.45) is 0 Å². The van der Waals surface area contributed by atoms with Crippen LogP contribution in [0.5, 0.6) is 5.75 Å². The molecule has 4 nitrogen and oxygen atoms in total. The number of carbonyl (C=O) groups excluding carboxylic acids is 1. The van der Waals surface area contributed by atoms with E-state index in [0.717, 1.165) is 15.9 Å². The van der Waals surface area contributed by atoms with E-state index in [1.165, 1.54) is 0 Å². The Morgan fingerprint density at radius 1 is 1.55 bits per heavy atom. The molecule has 0 bridgehead atoms. The van der Waals surface area contributed by atoms with Crippen LogP contribution in [-0.4, -0.2) is 18.0 Å². The lowest BCUT2D eigenvalue weighted by atomic mass is 10.1. The molecular weight excluding hydrogens is 340 g/mol. The van der Waals surface area contributed by atoms with Crippen LogP contribution in [-0.2, 0) is 0 Å². The van der Waals surface area contributed by atoms with Gasteiger partial charge in [0.25, 0.3) is 5.91 Å². The molecule has 20 heavy (non-hydrogen) atoms.